The lowest BCUT2D eigenvalue weighted by Crippen LogP contribution is -2.38. The van der Waals surface area contributed by atoms with E-state index in [4.69, 9.17) is 4.74 Å². The largest absolute Gasteiger partial charge is 0.508 e. The Labute approximate surface area is 124 Å². The Balaban J connectivity index is 2.26. The molecule has 4 atom stereocenters. The van der Waals surface area contributed by atoms with E-state index in [9.17, 15) is 15.0 Å². The lowest BCUT2D eigenvalue weighted by Gasteiger charge is -2.38. The summed E-state index contributed by atoms with van der Waals surface area (Å²) in [5.41, 5.74) is 1.05. The first-order chi connectivity index (χ1) is 9.97. The maximum absolute atomic E-state index is 11.5. The summed E-state index contributed by atoms with van der Waals surface area (Å²) in [5, 5.41) is 19.6. The lowest BCUT2D eigenvalue weighted by molar-refractivity contribution is -0.0897. The molecule has 0 saturated carbocycles. The highest BCUT2D eigenvalue weighted by Gasteiger charge is 2.35. The number of phenolic OH excluding ortho intramolecular Hbond substituents is 1. The molecule has 1 heterocycles. The first kappa shape index (κ1) is 15.8. The summed E-state index contributed by atoms with van der Waals surface area (Å²) in [5.74, 6) is -0.382. The first-order valence-electron chi connectivity index (χ1n) is 7.15. The number of aliphatic hydroxyl groups excluding tert-OH is 1. The summed E-state index contributed by atoms with van der Waals surface area (Å²) in [4.78, 5) is 11.5. The number of ether oxygens (including phenoxy) is 2. The quantitative estimate of drug-likeness (QED) is 0.835. The van der Waals surface area contributed by atoms with Crippen LogP contribution in [0.25, 0.3) is 0 Å². The van der Waals surface area contributed by atoms with Gasteiger partial charge in [-0.2, -0.15) is 0 Å². The maximum Gasteiger partial charge on any atom is 0.337 e. The molecule has 0 aromatic heterocycles. The van der Waals surface area contributed by atoms with Crippen molar-refractivity contribution in [1.29, 1.82) is 0 Å². The summed E-state index contributed by atoms with van der Waals surface area (Å²) in [6, 6.07) is 4.79. The van der Waals surface area contributed by atoms with Gasteiger partial charge in [0.2, 0.25) is 0 Å². The van der Waals surface area contributed by atoms with Crippen molar-refractivity contribution in [2.75, 3.05) is 13.7 Å². The predicted octanol–water partition coefficient (Wildman–Crippen LogP) is 2.07. The van der Waals surface area contributed by atoms with Crippen molar-refractivity contribution in [2.45, 2.75) is 38.4 Å². The van der Waals surface area contributed by atoms with E-state index in [1.54, 1.807) is 12.1 Å². The number of benzene rings is 1. The summed E-state index contributed by atoms with van der Waals surface area (Å²) < 4.78 is 10.5. The second kappa shape index (κ2) is 6.45. The van der Waals surface area contributed by atoms with Crippen molar-refractivity contribution in [3.8, 4) is 5.75 Å². The van der Waals surface area contributed by atoms with Crippen LogP contribution in [0.2, 0.25) is 0 Å². The van der Waals surface area contributed by atoms with Crippen LogP contribution >= 0.6 is 0 Å². The lowest BCUT2D eigenvalue weighted by atomic mass is 9.80. The fourth-order valence-corrected chi connectivity index (χ4v) is 2.96. The number of methoxy groups -OCH3 is 1. The maximum atomic E-state index is 11.5. The number of esters is 1. The standard InChI is InChI=1S/C16H22O5/c1-9-12(8-17)6-14(10(2)21-9)13-5-4-11(7-15(13)18)16(19)20-3/h4-5,7,9-10,12,14,17-18H,6,8H2,1-3H3/t9-,10+,12?,14?/m0/s1. The smallest absolute Gasteiger partial charge is 0.337 e. The zero-order chi connectivity index (χ0) is 15.6. The number of hydrogen-bond acceptors (Lipinski definition) is 5. The molecule has 0 radical (unpaired) electrons. The van der Waals surface area contributed by atoms with Crippen LogP contribution in [0.4, 0.5) is 0 Å². The van der Waals surface area contributed by atoms with Gasteiger partial charge in [-0.15, -0.1) is 0 Å². The molecule has 5 nitrogen and oxygen atoms in total. The van der Waals surface area contributed by atoms with E-state index in [0.29, 0.717) is 5.56 Å². The highest BCUT2D eigenvalue weighted by molar-refractivity contribution is 5.89. The minimum absolute atomic E-state index is 0.00210. The van der Waals surface area contributed by atoms with Crippen LogP contribution in [-0.4, -0.2) is 42.1 Å². The van der Waals surface area contributed by atoms with Gasteiger partial charge in [0.1, 0.15) is 5.75 Å². The third-order valence-corrected chi connectivity index (χ3v) is 4.30. The van der Waals surface area contributed by atoms with E-state index < -0.39 is 5.97 Å². The third-order valence-electron chi connectivity index (χ3n) is 4.30. The topological polar surface area (TPSA) is 76.0 Å². The Hall–Kier alpha value is -1.59. The van der Waals surface area contributed by atoms with Crippen LogP contribution in [0.3, 0.4) is 0 Å². The normalized spacial score (nSPS) is 29.1. The van der Waals surface area contributed by atoms with Crippen LogP contribution in [-0.2, 0) is 9.47 Å². The van der Waals surface area contributed by atoms with E-state index in [2.05, 4.69) is 4.74 Å². The van der Waals surface area contributed by atoms with Crippen molar-refractivity contribution in [2.24, 2.45) is 5.92 Å². The average Bonchev–Trinajstić information content (AvgIpc) is 2.47. The Morgan fingerprint density at radius 1 is 1.38 bits per heavy atom. The highest BCUT2D eigenvalue weighted by Crippen LogP contribution is 2.40. The van der Waals surface area contributed by atoms with Crippen LogP contribution in [0.15, 0.2) is 18.2 Å². The van der Waals surface area contributed by atoms with Gasteiger partial charge >= 0.3 is 5.97 Å². The number of phenols is 1. The molecule has 1 saturated heterocycles. The van der Waals surface area contributed by atoms with Crippen LogP contribution in [0.5, 0.6) is 5.75 Å². The van der Waals surface area contributed by atoms with Crippen LogP contribution in [0, 0.1) is 5.92 Å². The molecular formula is C16H22O5. The van der Waals surface area contributed by atoms with E-state index in [1.807, 2.05) is 13.8 Å². The molecule has 1 aromatic carbocycles. The van der Waals surface area contributed by atoms with Crippen LogP contribution < -0.4 is 0 Å². The summed E-state index contributed by atoms with van der Waals surface area (Å²) in [7, 11) is 1.30. The molecule has 5 heteroatoms. The van der Waals surface area contributed by atoms with Crippen molar-refractivity contribution in [3.63, 3.8) is 0 Å². The fourth-order valence-electron chi connectivity index (χ4n) is 2.96. The van der Waals surface area contributed by atoms with Gasteiger partial charge in [0.25, 0.3) is 0 Å². The summed E-state index contributed by atoms with van der Waals surface area (Å²) in [6.07, 6.45) is 0.680. The molecule has 1 aliphatic heterocycles. The Morgan fingerprint density at radius 3 is 2.67 bits per heavy atom. The SMILES string of the molecule is COC(=O)c1ccc(C2CC(CO)[C@H](C)O[C@@H]2C)c(O)c1. The number of carbonyl (C=O) groups excluding carboxylic acids is 1. The molecule has 0 spiro atoms. The average molecular weight is 294 g/mol. The fraction of sp³-hybridized carbons (Fsp3) is 0.562. The second-order valence-electron chi connectivity index (χ2n) is 5.60. The van der Waals surface area contributed by atoms with Crippen molar-refractivity contribution >= 4 is 5.97 Å². The van der Waals surface area contributed by atoms with Gasteiger partial charge in [-0.3, -0.25) is 0 Å². The van der Waals surface area contributed by atoms with Crippen LogP contribution in [0.1, 0.15) is 42.1 Å². The zero-order valence-electron chi connectivity index (χ0n) is 12.6. The molecule has 0 bridgehead atoms. The molecule has 1 fully saturated rings. The van der Waals surface area contributed by atoms with E-state index in [0.717, 1.165) is 12.0 Å². The molecule has 0 aliphatic carbocycles. The monoisotopic (exact) mass is 294 g/mol. The zero-order valence-corrected chi connectivity index (χ0v) is 12.6. The van der Waals surface area contributed by atoms with E-state index >= 15 is 0 Å². The molecular weight excluding hydrogens is 272 g/mol. The van der Waals surface area contributed by atoms with E-state index in [-0.39, 0.29) is 36.4 Å². The molecule has 2 rings (SSSR count). The Morgan fingerprint density at radius 2 is 2.10 bits per heavy atom. The van der Waals surface area contributed by atoms with E-state index in [1.165, 1.54) is 13.2 Å². The highest BCUT2D eigenvalue weighted by atomic mass is 16.5. The van der Waals surface area contributed by atoms with Gasteiger partial charge in [-0.1, -0.05) is 6.07 Å². The summed E-state index contributed by atoms with van der Waals surface area (Å²) >= 11 is 0. The van der Waals surface area contributed by atoms with Gasteiger partial charge in [-0.25, -0.2) is 4.79 Å². The minimum atomic E-state index is -0.480. The number of aliphatic hydroxyl groups is 1. The Kier molecular flexibility index (Phi) is 4.85. The molecule has 116 valence electrons. The minimum Gasteiger partial charge on any atom is -0.508 e. The van der Waals surface area contributed by atoms with Gasteiger partial charge in [-0.05, 0) is 38.0 Å². The van der Waals surface area contributed by atoms with Crippen molar-refractivity contribution < 1.29 is 24.5 Å². The molecule has 1 aromatic rings. The number of rotatable bonds is 3. The molecule has 2 unspecified atom stereocenters. The first-order valence-corrected chi connectivity index (χ1v) is 7.15. The van der Waals surface area contributed by atoms with Gasteiger partial charge in [0.15, 0.2) is 0 Å². The summed E-state index contributed by atoms with van der Waals surface area (Å²) in [6.45, 7) is 3.97. The number of carbonyl (C=O) groups is 1. The molecule has 0 amide bonds. The van der Waals surface area contributed by atoms with Crippen molar-refractivity contribution in [3.05, 3.63) is 29.3 Å². The molecule has 21 heavy (non-hydrogen) atoms. The predicted molar refractivity (Wildman–Crippen MR) is 77.4 cm³/mol. The Bertz CT molecular complexity index is 513. The van der Waals surface area contributed by atoms with Crippen molar-refractivity contribution in [1.82, 2.24) is 0 Å². The molecule has 2 N–H and O–H groups in total. The van der Waals surface area contributed by atoms with Gasteiger partial charge < -0.3 is 19.7 Å². The second-order valence-corrected chi connectivity index (χ2v) is 5.60. The molecule has 1 aliphatic rings. The van der Waals surface area contributed by atoms with Gasteiger partial charge in [0, 0.05) is 18.4 Å². The van der Waals surface area contributed by atoms with Gasteiger partial charge in [0.05, 0.1) is 24.9 Å². The number of hydrogen-bond donors (Lipinski definition) is 2. The number of aromatic hydroxyl groups is 1. The third kappa shape index (κ3) is 3.19.